The van der Waals surface area contributed by atoms with Crippen LogP contribution in [0.1, 0.15) is 37.9 Å². The molecule has 4 N–H and O–H groups in total. The molecule has 1 aromatic heterocycles. The first-order chi connectivity index (χ1) is 9.91. The zero-order chi connectivity index (χ0) is 15.5. The Bertz CT molecular complexity index is 598. The fourth-order valence-corrected chi connectivity index (χ4v) is 2.06. The Morgan fingerprint density at radius 3 is 2.52 bits per heavy atom. The molecule has 0 fully saturated rings. The second kappa shape index (κ2) is 6.10. The van der Waals surface area contributed by atoms with E-state index >= 15 is 0 Å². The summed E-state index contributed by atoms with van der Waals surface area (Å²) in [7, 11) is 0. The highest BCUT2D eigenvalue weighted by Crippen LogP contribution is 2.23. The van der Waals surface area contributed by atoms with Gasteiger partial charge in [0.25, 0.3) is 0 Å². The van der Waals surface area contributed by atoms with Crippen LogP contribution in [0.5, 0.6) is 0 Å². The van der Waals surface area contributed by atoms with Gasteiger partial charge in [-0.1, -0.05) is 51.1 Å². The van der Waals surface area contributed by atoms with Crippen molar-refractivity contribution in [2.75, 3.05) is 11.9 Å². The van der Waals surface area contributed by atoms with Crippen molar-refractivity contribution in [2.24, 2.45) is 5.73 Å². The number of carbonyl (C=O) groups excluding carboxylic acids is 1. The normalized spacial score (nSPS) is 13.0. The lowest BCUT2D eigenvalue weighted by atomic mass is 9.92. The summed E-state index contributed by atoms with van der Waals surface area (Å²) >= 11 is 0. The maximum atomic E-state index is 12.4. The van der Waals surface area contributed by atoms with Crippen LogP contribution >= 0.6 is 0 Å². The van der Waals surface area contributed by atoms with Crippen LogP contribution in [-0.2, 0) is 10.2 Å². The van der Waals surface area contributed by atoms with E-state index in [4.69, 9.17) is 5.73 Å². The Morgan fingerprint density at radius 2 is 2.00 bits per heavy atom. The molecule has 0 bridgehead atoms. The Balaban J connectivity index is 2.11. The number of hydrogen-bond donors (Lipinski definition) is 3. The number of amides is 1. The SMILES string of the molecule is CC(C)(C)c1cc(NC(=O)C(CN)c2ccccc2)n[nH]1. The summed E-state index contributed by atoms with van der Waals surface area (Å²) < 4.78 is 0. The summed E-state index contributed by atoms with van der Waals surface area (Å²) in [5.74, 6) is 0.0101. The molecule has 1 atom stereocenters. The van der Waals surface area contributed by atoms with Gasteiger partial charge in [-0.2, -0.15) is 5.10 Å². The van der Waals surface area contributed by atoms with E-state index in [0.717, 1.165) is 11.3 Å². The lowest BCUT2D eigenvalue weighted by Crippen LogP contribution is -2.27. The van der Waals surface area contributed by atoms with Gasteiger partial charge in [-0.15, -0.1) is 0 Å². The number of rotatable bonds is 4. The van der Waals surface area contributed by atoms with Crippen LogP contribution in [0, 0.1) is 0 Å². The molecule has 0 spiro atoms. The topological polar surface area (TPSA) is 83.8 Å². The van der Waals surface area contributed by atoms with E-state index < -0.39 is 0 Å². The van der Waals surface area contributed by atoms with E-state index in [1.54, 1.807) is 0 Å². The standard InChI is InChI=1S/C16H22N4O/c1-16(2,3)13-9-14(20-19-13)18-15(21)12(10-17)11-7-5-4-6-8-11/h4-9,12H,10,17H2,1-3H3,(H2,18,19,20,21). The number of nitrogens with two attached hydrogens (primary N) is 1. The van der Waals surface area contributed by atoms with Crippen LogP contribution in [0.25, 0.3) is 0 Å². The van der Waals surface area contributed by atoms with E-state index in [2.05, 4.69) is 36.3 Å². The van der Waals surface area contributed by atoms with Gasteiger partial charge in [0.2, 0.25) is 5.91 Å². The van der Waals surface area contributed by atoms with E-state index in [0.29, 0.717) is 5.82 Å². The third-order valence-electron chi connectivity index (χ3n) is 3.39. The lowest BCUT2D eigenvalue weighted by molar-refractivity contribution is -0.117. The molecule has 0 radical (unpaired) electrons. The molecule has 112 valence electrons. The molecule has 1 aromatic carbocycles. The Labute approximate surface area is 124 Å². The van der Waals surface area contributed by atoms with E-state index in [1.165, 1.54) is 0 Å². The highest BCUT2D eigenvalue weighted by Gasteiger charge is 2.21. The number of hydrogen-bond acceptors (Lipinski definition) is 3. The molecular formula is C16H22N4O. The molecule has 1 amide bonds. The van der Waals surface area contributed by atoms with Crippen molar-refractivity contribution in [3.05, 3.63) is 47.7 Å². The quantitative estimate of drug-likeness (QED) is 0.807. The smallest absolute Gasteiger partial charge is 0.234 e. The lowest BCUT2D eigenvalue weighted by Gasteiger charge is -2.15. The molecule has 5 heteroatoms. The van der Waals surface area contributed by atoms with Crippen molar-refractivity contribution in [2.45, 2.75) is 32.1 Å². The van der Waals surface area contributed by atoms with Gasteiger partial charge in [0.15, 0.2) is 5.82 Å². The Hall–Kier alpha value is -2.14. The zero-order valence-corrected chi connectivity index (χ0v) is 12.7. The van der Waals surface area contributed by atoms with Crippen molar-refractivity contribution >= 4 is 11.7 Å². The van der Waals surface area contributed by atoms with Crippen molar-refractivity contribution in [3.8, 4) is 0 Å². The van der Waals surface area contributed by atoms with Crippen LogP contribution in [0.2, 0.25) is 0 Å². The van der Waals surface area contributed by atoms with Crippen LogP contribution in [0.3, 0.4) is 0 Å². The number of aromatic amines is 1. The van der Waals surface area contributed by atoms with Gasteiger partial charge in [0.1, 0.15) is 0 Å². The molecule has 0 aliphatic heterocycles. The number of H-pyrrole nitrogens is 1. The second-order valence-electron chi connectivity index (χ2n) is 6.11. The predicted octanol–water partition coefficient (Wildman–Crippen LogP) is 2.39. The Kier molecular flexibility index (Phi) is 4.43. The minimum Gasteiger partial charge on any atom is -0.329 e. The van der Waals surface area contributed by atoms with Crippen molar-refractivity contribution in [1.82, 2.24) is 10.2 Å². The molecular weight excluding hydrogens is 264 g/mol. The van der Waals surface area contributed by atoms with Crippen LogP contribution in [0.15, 0.2) is 36.4 Å². The number of nitrogens with one attached hydrogen (secondary N) is 2. The van der Waals surface area contributed by atoms with Gasteiger partial charge in [-0.25, -0.2) is 0 Å². The average molecular weight is 286 g/mol. The number of nitrogens with zero attached hydrogens (tertiary/aromatic N) is 1. The van der Waals surface area contributed by atoms with Crippen molar-refractivity contribution in [1.29, 1.82) is 0 Å². The first-order valence-corrected chi connectivity index (χ1v) is 7.03. The third-order valence-corrected chi connectivity index (χ3v) is 3.39. The molecule has 1 unspecified atom stereocenters. The summed E-state index contributed by atoms with van der Waals surface area (Å²) in [6.07, 6.45) is 0. The highest BCUT2D eigenvalue weighted by molar-refractivity contribution is 5.95. The van der Waals surface area contributed by atoms with E-state index in [-0.39, 0.29) is 23.8 Å². The molecule has 5 nitrogen and oxygen atoms in total. The maximum Gasteiger partial charge on any atom is 0.234 e. The van der Waals surface area contributed by atoms with Gasteiger partial charge >= 0.3 is 0 Å². The maximum absolute atomic E-state index is 12.4. The fraction of sp³-hybridized carbons (Fsp3) is 0.375. The first-order valence-electron chi connectivity index (χ1n) is 7.03. The first kappa shape index (κ1) is 15.3. The van der Waals surface area contributed by atoms with E-state index in [9.17, 15) is 4.79 Å². The molecule has 21 heavy (non-hydrogen) atoms. The van der Waals surface area contributed by atoms with Gasteiger partial charge in [-0.3, -0.25) is 9.89 Å². The third kappa shape index (κ3) is 3.70. The molecule has 0 saturated heterocycles. The Morgan fingerprint density at radius 1 is 1.33 bits per heavy atom. The largest absolute Gasteiger partial charge is 0.329 e. The van der Waals surface area contributed by atoms with E-state index in [1.807, 2.05) is 36.4 Å². The predicted molar refractivity (Wildman–Crippen MR) is 84.2 cm³/mol. The highest BCUT2D eigenvalue weighted by atomic mass is 16.2. The summed E-state index contributed by atoms with van der Waals surface area (Å²) in [5, 5.41) is 9.91. The number of anilines is 1. The van der Waals surface area contributed by atoms with Crippen molar-refractivity contribution < 1.29 is 4.79 Å². The minimum atomic E-state index is -0.374. The molecule has 0 aliphatic carbocycles. The monoisotopic (exact) mass is 286 g/mol. The van der Waals surface area contributed by atoms with Crippen LogP contribution in [-0.4, -0.2) is 22.6 Å². The summed E-state index contributed by atoms with van der Waals surface area (Å²) in [6.45, 7) is 6.50. The second-order valence-corrected chi connectivity index (χ2v) is 6.11. The van der Waals surface area contributed by atoms with Gasteiger partial charge in [0, 0.05) is 23.7 Å². The molecule has 2 aromatic rings. The summed E-state index contributed by atoms with van der Waals surface area (Å²) in [4.78, 5) is 12.4. The van der Waals surface area contributed by atoms with Crippen molar-refractivity contribution in [3.63, 3.8) is 0 Å². The van der Waals surface area contributed by atoms with Gasteiger partial charge in [0.05, 0.1) is 5.92 Å². The van der Waals surface area contributed by atoms with Crippen LogP contribution in [0.4, 0.5) is 5.82 Å². The number of aromatic nitrogens is 2. The zero-order valence-electron chi connectivity index (χ0n) is 12.7. The van der Waals surface area contributed by atoms with Gasteiger partial charge in [-0.05, 0) is 5.56 Å². The minimum absolute atomic E-state index is 0.0390. The average Bonchev–Trinajstić information content (AvgIpc) is 2.89. The van der Waals surface area contributed by atoms with Crippen LogP contribution < -0.4 is 11.1 Å². The molecule has 0 aliphatic rings. The molecule has 2 rings (SSSR count). The van der Waals surface area contributed by atoms with Gasteiger partial charge < -0.3 is 11.1 Å². The summed E-state index contributed by atoms with van der Waals surface area (Å²) in [5.41, 5.74) is 7.59. The fourth-order valence-electron chi connectivity index (χ4n) is 2.06. The number of benzene rings is 1. The molecule has 0 saturated carbocycles. The molecule has 1 heterocycles. The summed E-state index contributed by atoms with van der Waals surface area (Å²) in [6, 6.07) is 11.4. The number of carbonyl (C=O) groups is 1.